The summed E-state index contributed by atoms with van der Waals surface area (Å²) in [4.78, 5) is 4.81. The Morgan fingerprint density at radius 2 is 1.75 bits per heavy atom. The van der Waals surface area contributed by atoms with Gasteiger partial charge in [-0.25, -0.2) is 0 Å². The normalized spacial score (nSPS) is 22.8. The summed E-state index contributed by atoms with van der Waals surface area (Å²) in [6.45, 7) is 5.61. The molecular formula is C24H34Cl2F3N5OS. The zero-order chi connectivity index (χ0) is 23.7. The monoisotopic (exact) mass is 567 g/mol. The van der Waals surface area contributed by atoms with Crippen LogP contribution in [0.25, 0.3) is 0 Å². The third kappa shape index (κ3) is 6.43. The first-order chi connectivity index (χ1) is 16.4. The largest absolute Gasteiger partial charge is 0.416 e. The van der Waals surface area contributed by atoms with Gasteiger partial charge in [-0.1, -0.05) is 11.8 Å². The van der Waals surface area contributed by atoms with E-state index >= 15 is 0 Å². The lowest BCUT2D eigenvalue weighted by Gasteiger charge is -2.27. The highest BCUT2D eigenvalue weighted by atomic mass is 35.5. The molecular weight excluding hydrogens is 534 g/mol. The Kier molecular flexibility index (Phi) is 10.2. The highest BCUT2D eigenvalue weighted by molar-refractivity contribution is 7.99. The Morgan fingerprint density at radius 3 is 2.44 bits per heavy atom. The number of thioether (sulfide) groups is 1. The van der Waals surface area contributed by atoms with Crippen molar-refractivity contribution in [1.29, 1.82) is 0 Å². The van der Waals surface area contributed by atoms with Gasteiger partial charge in [0.1, 0.15) is 5.82 Å². The van der Waals surface area contributed by atoms with Crippen molar-refractivity contribution in [2.75, 3.05) is 50.0 Å². The van der Waals surface area contributed by atoms with E-state index < -0.39 is 11.7 Å². The van der Waals surface area contributed by atoms with Crippen LogP contribution in [-0.4, -0.2) is 70.9 Å². The van der Waals surface area contributed by atoms with Crippen LogP contribution in [0.4, 0.5) is 18.9 Å². The van der Waals surface area contributed by atoms with E-state index in [4.69, 9.17) is 4.74 Å². The molecule has 0 spiro atoms. The van der Waals surface area contributed by atoms with Crippen molar-refractivity contribution >= 4 is 42.3 Å². The number of hydrogen-bond donors (Lipinski definition) is 0. The summed E-state index contributed by atoms with van der Waals surface area (Å²) in [7, 11) is 2.06. The van der Waals surface area contributed by atoms with Gasteiger partial charge in [0.15, 0.2) is 5.16 Å². The van der Waals surface area contributed by atoms with Gasteiger partial charge in [-0.2, -0.15) is 13.2 Å². The number of ether oxygens (including phenoxy) is 1. The van der Waals surface area contributed by atoms with Crippen molar-refractivity contribution < 1.29 is 17.9 Å². The van der Waals surface area contributed by atoms with E-state index in [1.807, 2.05) is 0 Å². The molecule has 12 heteroatoms. The predicted molar refractivity (Wildman–Crippen MR) is 141 cm³/mol. The number of benzene rings is 1. The molecule has 3 aliphatic heterocycles. The third-order valence-corrected chi connectivity index (χ3v) is 8.56. The highest BCUT2D eigenvalue weighted by Gasteiger charge is 2.41. The van der Waals surface area contributed by atoms with Gasteiger partial charge in [0.2, 0.25) is 0 Å². The Morgan fingerprint density at radius 1 is 1.03 bits per heavy atom. The number of nitrogens with zero attached hydrogens (tertiary/aromatic N) is 5. The third-order valence-electron chi connectivity index (χ3n) is 7.45. The highest BCUT2D eigenvalue weighted by Crippen LogP contribution is 2.37. The van der Waals surface area contributed by atoms with Crippen molar-refractivity contribution in [3.63, 3.8) is 0 Å². The molecule has 3 saturated heterocycles. The number of hydrogen-bond acceptors (Lipinski definition) is 6. The van der Waals surface area contributed by atoms with Crippen LogP contribution in [-0.2, 0) is 18.0 Å². The molecule has 3 aliphatic rings. The van der Waals surface area contributed by atoms with Gasteiger partial charge in [0.05, 0.1) is 5.56 Å². The molecule has 0 saturated carbocycles. The van der Waals surface area contributed by atoms with Gasteiger partial charge in [-0.3, -0.25) is 0 Å². The fourth-order valence-corrected chi connectivity index (χ4v) is 6.45. The number of aromatic nitrogens is 3. The molecule has 1 aromatic carbocycles. The average Bonchev–Trinajstić information content (AvgIpc) is 3.51. The molecule has 0 N–H and O–H groups in total. The molecule has 1 aromatic heterocycles. The molecule has 0 bridgehead atoms. The number of alkyl halides is 3. The van der Waals surface area contributed by atoms with Crippen LogP contribution in [0, 0.1) is 5.92 Å². The summed E-state index contributed by atoms with van der Waals surface area (Å²) in [5, 5.41) is 9.84. The number of anilines is 1. The van der Waals surface area contributed by atoms with Crippen molar-refractivity contribution in [3.8, 4) is 0 Å². The van der Waals surface area contributed by atoms with Gasteiger partial charge >= 0.3 is 6.18 Å². The van der Waals surface area contributed by atoms with E-state index in [0.717, 1.165) is 87.5 Å². The summed E-state index contributed by atoms with van der Waals surface area (Å²) >= 11 is 1.77. The lowest BCUT2D eigenvalue weighted by molar-refractivity contribution is -0.137. The summed E-state index contributed by atoms with van der Waals surface area (Å²) in [5.74, 6) is 3.10. The minimum atomic E-state index is -4.29. The zero-order valence-corrected chi connectivity index (χ0v) is 22.8. The molecule has 0 amide bonds. The van der Waals surface area contributed by atoms with Crippen LogP contribution in [0.15, 0.2) is 29.4 Å². The molecule has 0 aliphatic carbocycles. The van der Waals surface area contributed by atoms with Crippen LogP contribution >= 0.6 is 36.6 Å². The van der Waals surface area contributed by atoms with E-state index in [-0.39, 0.29) is 24.8 Å². The zero-order valence-electron chi connectivity index (χ0n) is 20.3. The Labute approximate surface area is 227 Å². The molecule has 0 unspecified atom stereocenters. The number of fused-ring (bicyclic) bond motifs is 1. The van der Waals surface area contributed by atoms with Crippen molar-refractivity contribution in [2.24, 2.45) is 13.0 Å². The smallest absolute Gasteiger partial charge is 0.381 e. The maximum absolute atomic E-state index is 12.9. The summed E-state index contributed by atoms with van der Waals surface area (Å²) in [5.41, 5.74) is 0.320. The second-order valence-electron chi connectivity index (χ2n) is 9.60. The average molecular weight is 569 g/mol. The molecule has 2 atom stereocenters. The molecule has 202 valence electrons. The lowest BCUT2D eigenvalue weighted by atomic mass is 10.00. The topological polar surface area (TPSA) is 46.4 Å². The van der Waals surface area contributed by atoms with E-state index in [9.17, 15) is 13.2 Å². The van der Waals surface area contributed by atoms with Gasteiger partial charge in [0, 0.05) is 63.3 Å². The number of rotatable bonds is 7. The maximum atomic E-state index is 12.9. The Bertz CT molecular complexity index is 972. The molecule has 2 aromatic rings. The van der Waals surface area contributed by atoms with Crippen molar-refractivity contribution in [2.45, 2.75) is 49.0 Å². The van der Waals surface area contributed by atoms with E-state index in [2.05, 4.69) is 31.6 Å². The first-order valence-electron chi connectivity index (χ1n) is 12.2. The molecule has 3 fully saturated rings. The first kappa shape index (κ1) is 29.4. The molecule has 5 rings (SSSR count). The first-order valence-corrected chi connectivity index (χ1v) is 13.1. The van der Waals surface area contributed by atoms with E-state index in [1.165, 1.54) is 12.1 Å². The Hall–Kier alpha value is -1.20. The summed E-state index contributed by atoms with van der Waals surface area (Å²) in [6.07, 6.45) is -0.0881. The fraction of sp³-hybridized carbons (Fsp3) is 0.667. The summed E-state index contributed by atoms with van der Waals surface area (Å²) in [6, 6.07) is 6.05. The number of likely N-dealkylation sites (tertiary alicyclic amines) is 1. The quantitative estimate of drug-likeness (QED) is 0.336. The van der Waals surface area contributed by atoms with Crippen LogP contribution < -0.4 is 4.90 Å². The van der Waals surface area contributed by atoms with E-state index in [0.29, 0.717) is 17.9 Å². The second-order valence-corrected chi connectivity index (χ2v) is 10.7. The van der Waals surface area contributed by atoms with Gasteiger partial charge in [0.25, 0.3) is 0 Å². The SMILES string of the molecule is Cl.Cl.Cn1c(SCCCN2C[C@H]3CCN(c4ccc(C(F)(F)F)cc4)[C@H]3C2)nnc1C1CCOCC1. The molecule has 6 nitrogen and oxygen atoms in total. The fourth-order valence-electron chi connectivity index (χ4n) is 5.61. The predicted octanol–water partition coefficient (Wildman–Crippen LogP) is 5.26. The second kappa shape index (κ2) is 12.6. The molecule has 4 heterocycles. The Balaban J connectivity index is 0.00000180. The summed E-state index contributed by atoms with van der Waals surface area (Å²) < 4.78 is 46.3. The van der Waals surface area contributed by atoms with Gasteiger partial charge in [-0.15, -0.1) is 35.0 Å². The maximum Gasteiger partial charge on any atom is 0.416 e. The van der Waals surface area contributed by atoms with Crippen LogP contribution in [0.1, 0.15) is 43.0 Å². The number of halogens is 5. The molecule has 0 radical (unpaired) electrons. The van der Waals surface area contributed by atoms with Crippen LogP contribution in [0.2, 0.25) is 0 Å². The minimum absolute atomic E-state index is 0. The van der Waals surface area contributed by atoms with Crippen LogP contribution in [0.5, 0.6) is 0 Å². The minimum Gasteiger partial charge on any atom is -0.381 e. The van der Waals surface area contributed by atoms with Crippen molar-refractivity contribution in [3.05, 3.63) is 35.7 Å². The van der Waals surface area contributed by atoms with Gasteiger partial charge in [-0.05, 0) is 62.4 Å². The van der Waals surface area contributed by atoms with Crippen LogP contribution in [0.3, 0.4) is 0 Å². The lowest BCUT2D eigenvalue weighted by Crippen LogP contribution is -2.35. The van der Waals surface area contributed by atoms with Gasteiger partial charge < -0.3 is 19.1 Å². The van der Waals surface area contributed by atoms with E-state index in [1.54, 1.807) is 23.9 Å². The van der Waals surface area contributed by atoms with Crippen molar-refractivity contribution in [1.82, 2.24) is 19.7 Å². The molecule has 36 heavy (non-hydrogen) atoms. The standard InChI is InChI=1S/C24H32F3N5OS.2ClH/c1-30-22(17-8-12-33-13-9-17)28-29-23(30)34-14-2-10-31-15-18-7-11-32(21(18)16-31)20-5-3-19(4-6-20)24(25,26)27;;/h3-6,17-18,21H,2,7-16H2,1H3;2*1H/t18-,21+;;/m1../s1.